The summed E-state index contributed by atoms with van der Waals surface area (Å²) < 4.78 is 16.5. The minimum atomic E-state index is -0.422. The molecule has 0 aliphatic carbocycles. The summed E-state index contributed by atoms with van der Waals surface area (Å²) in [7, 11) is 1.76. The zero-order valence-corrected chi connectivity index (χ0v) is 26.1. The summed E-state index contributed by atoms with van der Waals surface area (Å²) in [4.78, 5) is 36.1. The zero-order valence-electron chi connectivity index (χ0n) is 26.1. The van der Waals surface area contributed by atoms with Gasteiger partial charge >= 0.3 is 0 Å². The predicted octanol–water partition coefficient (Wildman–Crippen LogP) is 5.85. The summed E-state index contributed by atoms with van der Waals surface area (Å²) in [6.07, 6.45) is 11.3. The van der Waals surface area contributed by atoms with Gasteiger partial charge in [0.1, 0.15) is 5.82 Å². The summed E-state index contributed by atoms with van der Waals surface area (Å²) in [5.41, 5.74) is 4.32. The van der Waals surface area contributed by atoms with Crippen LogP contribution in [0.4, 0.5) is 4.39 Å². The summed E-state index contributed by atoms with van der Waals surface area (Å²) >= 11 is 0. The molecule has 4 heterocycles. The molecule has 0 spiro atoms. The van der Waals surface area contributed by atoms with Crippen LogP contribution >= 0.6 is 0 Å². The van der Waals surface area contributed by atoms with E-state index in [1.807, 2.05) is 35.7 Å². The van der Waals surface area contributed by atoms with Crippen molar-refractivity contribution in [2.75, 3.05) is 33.2 Å². The number of amides is 2. The molecule has 7 nitrogen and oxygen atoms in total. The van der Waals surface area contributed by atoms with Gasteiger partial charge in [0, 0.05) is 63.5 Å². The highest BCUT2D eigenvalue weighted by Gasteiger charge is 2.34. The summed E-state index contributed by atoms with van der Waals surface area (Å²) in [5.74, 6) is 0.738. The molecule has 2 amide bonds. The molecule has 2 aliphatic rings. The van der Waals surface area contributed by atoms with Crippen molar-refractivity contribution in [1.29, 1.82) is 0 Å². The van der Waals surface area contributed by atoms with Crippen molar-refractivity contribution >= 4 is 22.7 Å². The highest BCUT2D eigenvalue weighted by Crippen LogP contribution is 2.35. The lowest BCUT2D eigenvalue weighted by atomic mass is 9.87. The van der Waals surface area contributed by atoms with Crippen molar-refractivity contribution in [3.05, 3.63) is 59.3 Å². The number of carbonyl (C=O) groups is 2. The van der Waals surface area contributed by atoms with Gasteiger partial charge in [-0.3, -0.25) is 19.5 Å². The number of rotatable bonds is 8. The number of piperidine rings is 1. The van der Waals surface area contributed by atoms with E-state index in [2.05, 4.69) is 29.9 Å². The van der Waals surface area contributed by atoms with Crippen LogP contribution in [0.5, 0.6) is 0 Å². The number of halogens is 1. The van der Waals surface area contributed by atoms with Gasteiger partial charge in [-0.25, -0.2) is 4.39 Å². The van der Waals surface area contributed by atoms with Crippen molar-refractivity contribution in [2.45, 2.75) is 78.8 Å². The Bertz CT molecular complexity index is 1440. The average molecular weight is 576 g/mol. The number of benzene rings is 1. The highest BCUT2D eigenvalue weighted by molar-refractivity contribution is 5.99. The number of likely N-dealkylation sites (tertiary alicyclic amines) is 2. The van der Waals surface area contributed by atoms with Crippen molar-refractivity contribution < 1.29 is 14.0 Å². The fourth-order valence-electron chi connectivity index (χ4n) is 7.24. The van der Waals surface area contributed by atoms with Gasteiger partial charge in [-0.1, -0.05) is 6.92 Å². The number of aryl methyl sites for hydroxylation is 1. The molecule has 0 N–H and O–H groups in total. The molecule has 2 aromatic heterocycles. The molecule has 0 bridgehead atoms. The molecule has 3 aromatic rings. The topological polar surface area (TPSA) is 61.7 Å². The molecule has 0 saturated carbocycles. The van der Waals surface area contributed by atoms with Gasteiger partial charge in [0.05, 0.1) is 23.0 Å². The largest absolute Gasteiger partial charge is 0.343 e. The van der Waals surface area contributed by atoms with Gasteiger partial charge in [0.25, 0.3) is 5.91 Å². The van der Waals surface area contributed by atoms with E-state index >= 15 is 0 Å². The van der Waals surface area contributed by atoms with E-state index in [9.17, 15) is 14.0 Å². The van der Waals surface area contributed by atoms with E-state index in [-0.39, 0.29) is 17.9 Å². The van der Waals surface area contributed by atoms with Crippen LogP contribution in [-0.2, 0) is 11.2 Å². The minimum absolute atomic E-state index is 0.00608. The first kappa shape index (κ1) is 30.2. The molecule has 42 heavy (non-hydrogen) atoms. The number of fused-ring (bicyclic) bond motifs is 1. The maximum atomic E-state index is 14.4. The Morgan fingerprint density at radius 3 is 2.52 bits per heavy atom. The third kappa shape index (κ3) is 5.96. The van der Waals surface area contributed by atoms with Gasteiger partial charge in [0.15, 0.2) is 0 Å². The van der Waals surface area contributed by atoms with Crippen LogP contribution in [-0.4, -0.2) is 81.4 Å². The number of nitrogens with zero attached hydrogens (tertiary/aromatic N) is 5. The molecule has 0 unspecified atom stereocenters. The normalized spacial score (nSPS) is 19.1. The van der Waals surface area contributed by atoms with Crippen molar-refractivity contribution in [3.63, 3.8) is 0 Å². The van der Waals surface area contributed by atoms with Crippen LogP contribution < -0.4 is 0 Å². The molecular weight excluding hydrogens is 529 g/mol. The fraction of sp³-hybridized carbons (Fsp3) is 0.559. The molecule has 0 radical (unpaired) electrons. The third-order valence-electron chi connectivity index (χ3n) is 9.77. The van der Waals surface area contributed by atoms with Crippen molar-refractivity contribution in [2.24, 2.45) is 11.8 Å². The van der Waals surface area contributed by atoms with Crippen molar-refractivity contribution in [3.8, 4) is 5.69 Å². The highest BCUT2D eigenvalue weighted by atomic mass is 19.1. The molecular formula is C34H46FN5O2. The molecule has 2 aliphatic heterocycles. The number of aromatic nitrogens is 2. The number of hydrogen-bond donors (Lipinski definition) is 0. The summed E-state index contributed by atoms with van der Waals surface area (Å²) in [6.45, 7) is 13.9. The van der Waals surface area contributed by atoms with Crippen LogP contribution in [0.3, 0.4) is 0 Å². The zero-order chi connectivity index (χ0) is 30.1. The first-order valence-corrected chi connectivity index (χ1v) is 15.6. The average Bonchev–Trinajstić information content (AvgIpc) is 3.58. The van der Waals surface area contributed by atoms with E-state index < -0.39 is 5.82 Å². The monoisotopic (exact) mass is 575 g/mol. The Hall–Kier alpha value is -3.26. The SMILES string of the molecule is CC[C@@H](C1CCN(C(C)=O)CC1)N1CC[C@@H](Cc2cn(-c3ccc(F)cc3C(=O)N(C)C(C)C)c3cncc(C)c23)C1. The maximum Gasteiger partial charge on any atom is 0.256 e. The number of hydrogen-bond acceptors (Lipinski definition) is 4. The van der Waals surface area contributed by atoms with Gasteiger partial charge < -0.3 is 14.4 Å². The van der Waals surface area contributed by atoms with Gasteiger partial charge in [-0.15, -0.1) is 0 Å². The van der Waals surface area contributed by atoms with Crippen LogP contribution in [0, 0.1) is 24.6 Å². The van der Waals surface area contributed by atoms with E-state index in [0.29, 0.717) is 29.1 Å². The van der Waals surface area contributed by atoms with E-state index in [0.717, 1.165) is 69.4 Å². The molecule has 226 valence electrons. The number of pyridine rings is 1. The molecule has 2 saturated heterocycles. The molecule has 1 aromatic carbocycles. The first-order chi connectivity index (χ1) is 20.1. The van der Waals surface area contributed by atoms with Crippen LogP contribution in [0.25, 0.3) is 16.6 Å². The Balaban J connectivity index is 1.40. The molecule has 5 rings (SSSR count). The standard InChI is InChI=1S/C34H46FN5O2/c1-7-30(26-11-14-38(15-12-26)24(5)41)39-13-10-25(20-39)16-27-21-40(32-19-36-18-23(4)33(27)32)31-9-8-28(35)17-29(31)34(42)37(6)22(2)3/h8-9,17-19,21-22,25-26,30H,7,10-16,20H2,1-6H3/t25-,30-/m0/s1. The first-order valence-electron chi connectivity index (χ1n) is 15.6. The molecule has 2 fully saturated rings. The summed E-state index contributed by atoms with van der Waals surface area (Å²) in [5, 5.41) is 1.17. The van der Waals surface area contributed by atoms with Gasteiger partial charge in [-0.05, 0) is 101 Å². The summed E-state index contributed by atoms with van der Waals surface area (Å²) in [6, 6.07) is 5.04. The van der Waals surface area contributed by atoms with Gasteiger partial charge in [0.2, 0.25) is 5.91 Å². The van der Waals surface area contributed by atoms with E-state index in [1.165, 1.54) is 23.1 Å². The fourth-order valence-corrected chi connectivity index (χ4v) is 7.24. The van der Waals surface area contributed by atoms with Crippen LogP contribution in [0.15, 0.2) is 36.8 Å². The van der Waals surface area contributed by atoms with Crippen LogP contribution in [0.2, 0.25) is 0 Å². The second kappa shape index (κ2) is 12.5. The number of carbonyl (C=O) groups excluding carboxylic acids is 2. The Morgan fingerprint density at radius 1 is 1.12 bits per heavy atom. The van der Waals surface area contributed by atoms with Gasteiger partial charge in [-0.2, -0.15) is 0 Å². The lowest BCUT2D eigenvalue weighted by Crippen LogP contribution is -2.45. The smallest absolute Gasteiger partial charge is 0.256 e. The second-order valence-electron chi connectivity index (χ2n) is 12.7. The Labute approximate surface area is 249 Å². The Morgan fingerprint density at radius 2 is 1.86 bits per heavy atom. The minimum Gasteiger partial charge on any atom is -0.343 e. The lowest BCUT2D eigenvalue weighted by Gasteiger charge is -2.39. The third-order valence-corrected chi connectivity index (χ3v) is 9.77. The predicted molar refractivity (Wildman–Crippen MR) is 165 cm³/mol. The molecule has 8 heteroatoms. The molecule has 2 atom stereocenters. The van der Waals surface area contributed by atoms with E-state index in [1.54, 1.807) is 24.9 Å². The second-order valence-corrected chi connectivity index (χ2v) is 12.7. The lowest BCUT2D eigenvalue weighted by molar-refractivity contribution is -0.130. The van der Waals surface area contributed by atoms with E-state index in [4.69, 9.17) is 0 Å². The van der Waals surface area contributed by atoms with Crippen molar-refractivity contribution in [1.82, 2.24) is 24.3 Å². The Kier molecular flexibility index (Phi) is 9.02. The quantitative estimate of drug-likeness (QED) is 0.338. The van der Waals surface area contributed by atoms with Crippen LogP contribution in [0.1, 0.15) is 74.9 Å². The maximum absolute atomic E-state index is 14.4.